The SMILES string of the molecule is CCC(C)N1CCC(N(C)C)CC1. The fraction of sp³-hybridized carbons (Fsp3) is 1.00. The summed E-state index contributed by atoms with van der Waals surface area (Å²) in [5, 5.41) is 0. The molecule has 1 aliphatic heterocycles. The molecular weight excluding hydrogens is 160 g/mol. The van der Waals surface area contributed by atoms with Gasteiger partial charge >= 0.3 is 0 Å². The monoisotopic (exact) mass is 184 g/mol. The Kier molecular flexibility index (Phi) is 4.20. The van der Waals surface area contributed by atoms with Gasteiger partial charge in [0, 0.05) is 12.1 Å². The first kappa shape index (κ1) is 11.0. The molecule has 1 atom stereocenters. The molecule has 0 aliphatic carbocycles. The molecule has 1 heterocycles. The molecule has 0 aromatic heterocycles. The van der Waals surface area contributed by atoms with Gasteiger partial charge in [0.15, 0.2) is 0 Å². The van der Waals surface area contributed by atoms with Crippen LogP contribution in [0.1, 0.15) is 33.1 Å². The zero-order valence-electron chi connectivity index (χ0n) is 9.58. The molecule has 1 aliphatic rings. The van der Waals surface area contributed by atoms with Crippen molar-refractivity contribution in [3.8, 4) is 0 Å². The number of hydrogen-bond donors (Lipinski definition) is 0. The van der Waals surface area contributed by atoms with Crippen LogP contribution >= 0.6 is 0 Å². The molecule has 0 N–H and O–H groups in total. The summed E-state index contributed by atoms with van der Waals surface area (Å²) in [5.74, 6) is 0. The first-order valence-corrected chi connectivity index (χ1v) is 5.55. The molecule has 1 unspecified atom stereocenters. The summed E-state index contributed by atoms with van der Waals surface area (Å²) in [6.45, 7) is 7.20. The fourth-order valence-electron chi connectivity index (χ4n) is 2.10. The quantitative estimate of drug-likeness (QED) is 0.660. The van der Waals surface area contributed by atoms with Gasteiger partial charge in [0.1, 0.15) is 0 Å². The lowest BCUT2D eigenvalue weighted by Gasteiger charge is -2.38. The summed E-state index contributed by atoms with van der Waals surface area (Å²) >= 11 is 0. The third-order valence-electron chi connectivity index (χ3n) is 3.44. The number of hydrogen-bond acceptors (Lipinski definition) is 2. The van der Waals surface area contributed by atoms with Crippen LogP contribution in [-0.4, -0.2) is 49.1 Å². The molecule has 0 aromatic rings. The Morgan fingerprint density at radius 1 is 1.31 bits per heavy atom. The van der Waals surface area contributed by atoms with Gasteiger partial charge in [-0.25, -0.2) is 0 Å². The summed E-state index contributed by atoms with van der Waals surface area (Å²) < 4.78 is 0. The lowest BCUT2D eigenvalue weighted by Crippen LogP contribution is -2.45. The van der Waals surface area contributed by atoms with Crippen molar-refractivity contribution in [2.24, 2.45) is 0 Å². The van der Waals surface area contributed by atoms with Crippen LogP contribution in [0.2, 0.25) is 0 Å². The average Bonchev–Trinajstić information content (AvgIpc) is 2.17. The Morgan fingerprint density at radius 3 is 2.23 bits per heavy atom. The highest BCUT2D eigenvalue weighted by Crippen LogP contribution is 2.17. The van der Waals surface area contributed by atoms with E-state index in [1.165, 1.54) is 32.4 Å². The van der Waals surface area contributed by atoms with Crippen molar-refractivity contribution in [1.29, 1.82) is 0 Å². The molecule has 0 saturated carbocycles. The van der Waals surface area contributed by atoms with Crippen molar-refractivity contribution in [1.82, 2.24) is 9.80 Å². The molecule has 0 spiro atoms. The zero-order chi connectivity index (χ0) is 9.84. The summed E-state index contributed by atoms with van der Waals surface area (Å²) in [4.78, 5) is 4.99. The molecule has 1 rings (SSSR count). The Bertz CT molecular complexity index is 137. The van der Waals surface area contributed by atoms with E-state index >= 15 is 0 Å². The third kappa shape index (κ3) is 2.96. The number of likely N-dealkylation sites (tertiary alicyclic amines) is 1. The molecule has 2 nitrogen and oxygen atoms in total. The molecule has 1 fully saturated rings. The molecule has 2 heteroatoms. The van der Waals surface area contributed by atoms with Crippen molar-refractivity contribution in [2.75, 3.05) is 27.2 Å². The van der Waals surface area contributed by atoms with Gasteiger partial charge in [-0.15, -0.1) is 0 Å². The minimum atomic E-state index is 0.781. The first-order valence-electron chi connectivity index (χ1n) is 5.55. The maximum absolute atomic E-state index is 2.62. The Labute approximate surface area is 82.9 Å². The van der Waals surface area contributed by atoms with Crippen LogP contribution in [0, 0.1) is 0 Å². The van der Waals surface area contributed by atoms with Crippen LogP contribution in [0.3, 0.4) is 0 Å². The van der Waals surface area contributed by atoms with E-state index in [1.807, 2.05) is 0 Å². The second kappa shape index (κ2) is 4.97. The smallest absolute Gasteiger partial charge is 0.0113 e. The largest absolute Gasteiger partial charge is 0.306 e. The number of rotatable bonds is 3. The highest BCUT2D eigenvalue weighted by molar-refractivity contribution is 4.79. The van der Waals surface area contributed by atoms with E-state index in [0.29, 0.717) is 0 Å². The summed E-state index contributed by atoms with van der Waals surface area (Å²) in [6, 6.07) is 1.60. The summed E-state index contributed by atoms with van der Waals surface area (Å²) in [5.41, 5.74) is 0. The van der Waals surface area contributed by atoms with Crippen molar-refractivity contribution in [2.45, 2.75) is 45.2 Å². The van der Waals surface area contributed by atoms with Crippen LogP contribution in [0.15, 0.2) is 0 Å². The molecule has 0 bridgehead atoms. The van der Waals surface area contributed by atoms with Crippen LogP contribution in [0.5, 0.6) is 0 Å². The lowest BCUT2D eigenvalue weighted by molar-refractivity contribution is 0.113. The average molecular weight is 184 g/mol. The fourth-order valence-corrected chi connectivity index (χ4v) is 2.10. The Morgan fingerprint density at radius 2 is 1.85 bits per heavy atom. The van der Waals surface area contributed by atoms with Crippen molar-refractivity contribution in [3.05, 3.63) is 0 Å². The van der Waals surface area contributed by atoms with Gasteiger partial charge in [0.25, 0.3) is 0 Å². The van der Waals surface area contributed by atoms with E-state index in [0.717, 1.165) is 12.1 Å². The summed E-state index contributed by atoms with van der Waals surface area (Å²) in [7, 11) is 4.40. The molecule has 0 radical (unpaired) electrons. The van der Waals surface area contributed by atoms with E-state index in [1.54, 1.807) is 0 Å². The first-order chi connectivity index (χ1) is 6.15. The van der Waals surface area contributed by atoms with Gasteiger partial charge in [-0.2, -0.15) is 0 Å². The predicted molar refractivity (Wildman–Crippen MR) is 58.0 cm³/mol. The highest BCUT2D eigenvalue weighted by atomic mass is 15.2. The maximum Gasteiger partial charge on any atom is 0.0113 e. The van der Waals surface area contributed by atoms with Gasteiger partial charge in [-0.3, -0.25) is 0 Å². The van der Waals surface area contributed by atoms with Crippen LogP contribution in [0.4, 0.5) is 0 Å². The van der Waals surface area contributed by atoms with Gasteiger partial charge in [0.05, 0.1) is 0 Å². The van der Waals surface area contributed by atoms with Gasteiger partial charge < -0.3 is 9.80 Å². The van der Waals surface area contributed by atoms with E-state index in [9.17, 15) is 0 Å². The van der Waals surface area contributed by atoms with E-state index in [4.69, 9.17) is 0 Å². The van der Waals surface area contributed by atoms with Crippen LogP contribution in [0.25, 0.3) is 0 Å². The predicted octanol–water partition coefficient (Wildman–Crippen LogP) is 1.81. The molecule has 78 valence electrons. The van der Waals surface area contributed by atoms with E-state index in [-0.39, 0.29) is 0 Å². The zero-order valence-corrected chi connectivity index (χ0v) is 9.58. The van der Waals surface area contributed by atoms with Gasteiger partial charge in [-0.1, -0.05) is 6.92 Å². The second-order valence-corrected chi connectivity index (χ2v) is 4.49. The molecular formula is C11H24N2. The highest BCUT2D eigenvalue weighted by Gasteiger charge is 2.22. The Hall–Kier alpha value is -0.0800. The molecule has 13 heavy (non-hydrogen) atoms. The second-order valence-electron chi connectivity index (χ2n) is 4.49. The number of nitrogens with zero attached hydrogens (tertiary/aromatic N) is 2. The number of piperidine rings is 1. The third-order valence-corrected chi connectivity index (χ3v) is 3.44. The van der Waals surface area contributed by atoms with E-state index in [2.05, 4.69) is 37.7 Å². The minimum absolute atomic E-state index is 0.781. The normalized spacial score (nSPS) is 23.8. The Balaban J connectivity index is 2.30. The van der Waals surface area contributed by atoms with Crippen molar-refractivity contribution < 1.29 is 0 Å². The lowest BCUT2D eigenvalue weighted by atomic mass is 10.0. The van der Waals surface area contributed by atoms with Crippen LogP contribution in [-0.2, 0) is 0 Å². The van der Waals surface area contributed by atoms with Crippen LogP contribution < -0.4 is 0 Å². The minimum Gasteiger partial charge on any atom is -0.306 e. The van der Waals surface area contributed by atoms with Crippen molar-refractivity contribution >= 4 is 0 Å². The van der Waals surface area contributed by atoms with Crippen molar-refractivity contribution in [3.63, 3.8) is 0 Å². The van der Waals surface area contributed by atoms with Gasteiger partial charge in [0.2, 0.25) is 0 Å². The molecule has 0 amide bonds. The summed E-state index contributed by atoms with van der Waals surface area (Å²) in [6.07, 6.45) is 3.97. The molecule has 0 aromatic carbocycles. The standard InChI is InChI=1S/C11H24N2/c1-5-10(2)13-8-6-11(7-9-13)12(3)4/h10-11H,5-9H2,1-4H3. The topological polar surface area (TPSA) is 6.48 Å². The maximum atomic E-state index is 2.62. The van der Waals surface area contributed by atoms with Gasteiger partial charge in [-0.05, 0) is 53.4 Å². The molecule has 1 saturated heterocycles. The van der Waals surface area contributed by atoms with E-state index < -0.39 is 0 Å².